The van der Waals surface area contributed by atoms with Gasteiger partial charge in [-0.05, 0) is 29.2 Å². The summed E-state index contributed by atoms with van der Waals surface area (Å²) < 4.78 is 43.5. The van der Waals surface area contributed by atoms with Crippen molar-refractivity contribution >= 4 is 5.91 Å². The van der Waals surface area contributed by atoms with Gasteiger partial charge in [0.05, 0.1) is 13.1 Å². The largest absolute Gasteiger partial charge is 0.471 e. The third-order valence-electron chi connectivity index (χ3n) is 4.43. The fourth-order valence-electron chi connectivity index (χ4n) is 2.78. The average molecular weight is 378 g/mol. The first kappa shape index (κ1) is 19.2. The number of amides is 1. The third kappa shape index (κ3) is 4.40. The van der Waals surface area contributed by atoms with Crippen LogP contribution in [0.5, 0.6) is 5.88 Å². The van der Waals surface area contributed by atoms with Crippen LogP contribution in [0.25, 0.3) is 0 Å². The third-order valence-corrected chi connectivity index (χ3v) is 4.43. The fraction of sp³-hybridized carbons (Fsp3) is 0.400. The number of carbonyl (C=O) groups excluding carboxylic acids is 1. The summed E-state index contributed by atoms with van der Waals surface area (Å²) in [7, 11) is 0. The number of ether oxygens (including phenoxy) is 1. The standard InChI is InChI=1S/C20H21F3N2O2/c1-19(2,3)14-9-7-13(8-10-14)18(26)25-11-15(12-25)27-17-6-4-5-16(24-17)20(21,22)23/h4-10,15H,11-12H2,1-3H3. The molecule has 0 spiro atoms. The minimum absolute atomic E-state index is 0.00915. The minimum Gasteiger partial charge on any atom is -0.471 e. The van der Waals surface area contributed by atoms with E-state index in [1.54, 1.807) is 17.0 Å². The number of nitrogens with zero attached hydrogens (tertiary/aromatic N) is 2. The molecule has 0 N–H and O–H groups in total. The van der Waals surface area contributed by atoms with Gasteiger partial charge in [-0.2, -0.15) is 13.2 Å². The van der Waals surface area contributed by atoms with Crippen LogP contribution in [0, 0.1) is 0 Å². The van der Waals surface area contributed by atoms with Gasteiger partial charge in [-0.1, -0.05) is 39.0 Å². The van der Waals surface area contributed by atoms with Crippen molar-refractivity contribution in [3.05, 3.63) is 59.3 Å². The summed E-state index contributed by atoms with van der Waals surface area (Å²) in [6.07, 6.45) is -4.88. The Kier molecular flexibility index (Phi) is 4.88. The van der Waals surface area contributed by atoms with Gasteiger partial charge in [0.2, 0.25) is 5.88 Å². The van der Waals surface area contributed by atoms with E-state index in [-0.39, 0.29) is 23.3 Å². The van der Waals surface area contributed by atoms with Crippen LogP contribution in [0.15, 0.2) is 42.5 Å². The first-order valence-electron chi connectivity index (χ1n) is 8.65. The van der Waals surface area contributed by atoms with Crippen molar-refractivity contribution in [1.82, 2.24) is 9.88 Å². The molecule has 144 valence electrons. The van der Waals surface area contributed by atoms with Crippen LogP contribution in [-0.4, -0.2) is 35.0 Å². The van der Waals surface area contributed by atoms with Crippen LogP contribution in [0.2, 0.25) is 0 Å². The Morgan fingerprint density at radius 2 is 1.70 bits per heavy atom. The minimum atomic E-state index is -4.51. The van der Waals surface area contributed by atoms with Crippen molar-refractivity contribution in [1.29, 1.82) is 0 Å². The highest BCUT2D eigenvalue weighted by Gasteiger charge is 2.35. The second kappa shape index (κ2) is 6.87. The van der Waals surface area contributed by atoms with Crippen LogP contribution in [0.3, 0.4) is 0 Å². The molecule has 2 heterocycles. The molecule has 7 heteroatoms. The zero-order valence-corrected chi connectivity index (χ0v) is 15.4. The molecule has 0 atom stereocenters. The molecule has 1 aromatic carbocycles. The Bertz CT molecular complexity index is 820. The predicted molar refractivity (Wildman–Crippen MR) is 94.7 cm³/mol. The lowest BCUT2D eigenvalue weighted by atomic mass is 9.86. The number of carbonyl (C=O) groups is 1. The van der Waals surface area contributed by atoms with Gasteiger partial charge in [-0.15, -0.1) is 0 Å². The summed E-state index contributed by atoms with van der Waals surface area (Å²) >= 11 is 0. The van der Waals surface area contributed by atoms with Crippen LogP contribution < -0.4 is 4.74 Å². The van der Waals surface area contributed by atoms with Gasteiger partial charge in [0, 0.05) is 11.6 Å². The molecule has 0 saturated carbocycles. The van der Waals surface area contributed by atoms with E-state index in [2.05, 4.69) is 25.8 Å². The van der Waals surface area contributed by atoms with Crippen molar-refractivity contribution in [3.8, 4) is 5.88 Å². The highest BCUT2D eigenvalue weighted by molar-refractivity contribution is 5.94. The summed E-state index contributed by atoms with van der Waals surface area (Å²) in [4.78, 5) is 17.6. The molecule has 27 heavy (non-hydrogen) atoms. The van der Waals surface area contributed by atoms with Gasteiger partial charge >= 0.3 is 6.18 Å². The summed E-state index contributed by atoms with van der Waals surface area (Å²) in [6.45, 7) is 6.94. The molecule has 0 unspecified atom stereocenters. The normalized spacial score (nSPS) is 15.4. The van der Waals surface area contributed by atoms with Gasteiger partial charge in [-0.25, -0.2) is 4.98 Å². The predicted octanol–water partition coefficient (Wildman–Crippen LogP) is 4.30. The molecule has 2 aromatic rings. The number of benzene rings is 1. The molecule has 1 fully saturated rings. The summed E-state index contributed by atoms with van der Waals surface area (Å²) in [5, 5.41) is 0. The van der Waals surface area contributed by atoms with E-state index >= 15 is 0 Å². The number of alkyl halides is 3. The van der Waals surface area contributed by atoms with Gasteiger partial charge in [0.25, 0.3) is 5.91 Å². The summed E-state index contributed by atoms with van der Waals surface area (Å²) in [5.74, 6) is -0.205. The van der Waals surface area contributed by atoms with Gasteiger partial charge in [0.1, 0.15) is 11.8 Å². The second-order valence-corrected chi connectivity index (χ2v) is 7.64. The van der Waals surface area contributed by atoms with Crippen LogP contribution in [0.1, 0.15) is 42.4 Å². The van der Waals surface area contributed by atoms with Crippen molar-refractivity contribution in [2.24, 2.45) is 0 Å². The second-order valence-electron chi connectivity index (χ2n) is 7.64. The van der Waals surface area contributed by atoms with E-state index in [0.717, 1.165) is 11.6 Å². The lowest BCUT2D eigenvalue weighted by molar-refractivity contribution is -0.141. The van der Waals surface area contributed by atoms with Crippen LogP contribution in [-0.2, 0) is 11.6 Å². The van der Waals surface area contributed by atoms with E-state index in [0.29, 0.717) is 18.7 Å². The van der Waals surface area contributed by atoms with Crippen molar-refractivity contribution in [2.75, 3.05) is 13.1 Å². The Morgan fingerprint density at radius 1 is 1.07 bits per heavy atom. The molecular weight excluding hydrogens is 357 g/mol. The molecule has 0 aliphatic carbocycles. The number of rotatable bonds is 3. The SMILES string of the molecule is CC(C)(C)c1ccc(C(=O)N2CC(Oc3cccc(C(F)(F)F)n3)C2)cc1. The molecule has 1 aliphatic heterocycles. The first-order chi connectivity index (χ1) is 12.5. The lowest BCUT2D eigenvalue weighted by Gasteiger charge is -2.38. The number of pyridine rings is 1. The van der Waals surface area contributed by atoms with E-state index in [9.17, 15) is 18.0 Å². The molecule has 0 bridgehead atoms. The topological polar surface area (TPSA) is 42.4 Å². The quantitative estimate of drug-likeness (QED) is 0.800. The Morgan fingerprint density at radius 3 is 2.26 bits per heavy atom. The zero-order chi connectivity index (χ0) is 19.8. The number of halogens is 3. The van der Waals surface area contributed by atoms with Crippen LogP contribution in [0.4, 0.5) is 13.2 Å². The van der Waals surface area contributed by atoms with E-state index in [4.69, 9.17) is 4.74 Å². The number of hydrogen-bond acceptors (Lipinski definition) is 3. The van der Waals surface area contributed by atoms with E-state index < -0.39 is 11.9 Å². The highest BCUT2D eigenvalue weighted by atomic mass is 19.4. The molecular formula is C20H21F3N2O2. The molecule has 1 saturated heterocycles. The average Bonchev–Trinajstić information content (AvgIpc) is 2.56. The van der Waals surface area contributed by atoms with Gasteiger partial charge in [-0.3, -0.25) is 4.79 Å². The summed E-state index contributed by atoms with van der Waals surface area (Å²) in [6, 6.07) is 11.0. The van der Waals surface area contributed by atoms with Crippen molar-refractivity contribution in [3.63, 3.8) is 0 Å². The Balaban J connectivity index is 1.57. The highest BCUT2D eigenvalue weighted by Crippen LogP contribution is 2.29. The summed E-state index contributed by atoms with van der Waals surface area (Å²) in [5.41, 5.74) is 0.735. The maximum Gasteiger partial charge on any atom is 0.433 e. The molecule has 1 aromatic heterocycles. The van der Waals surface area contributed by atoms with Gasteiger partial charge < -0.3 is 9.64 Å². The first-order valence-corrected chi connectivity index (χ1v) is 8.65. The smallest absolute Gasteiger partial charge is 0.433 e. The number of aromatic nitrogens is 1. The molecule has 1 aliphatic rings. The number of likely N-dealkylation sites (tertiary alicyclic amines) is 1. The van der Waals surface area contributed by atoms with Crippen molar-refractivity contribution < 1.29 is 22.7 Å². The monoisotopic (exact) mass is 378 g/mol. The Hall–Kier alpha value is -2.57. The van der Waals surface area contributed by atoms with E-state index in [1.165, 1.54) is 12.1 Å². The Labute approximate surface area is 156 Å². The van der Waals surface area contributed by atoms with Gasteiger partial charge in [0.15, 0.2) is 0 Å². The zero-order valence-electron chi connectivity index (χ0n) is 15.4. The maximum absolute atomic E-state index is 12.7. The molecule has 4 nitrogen and oxygen atoms in total. The number of hydrogen-bond donors (Lipinski definition) is 0. The molecule has 3 rings (SSSR count). The fourth-order valence-corrected chi connectivity index (χ4v) is 2.78. The lowest BCUT2D eigenvalue weighted by Crippen LogP contribution is -2.56. The van der Waals surface area contributed by atoms with E-state index in [1.807, 2.05) is 12.1 Å². The maximum atomic E-state index is 12.7. The van der Waals surface area contributed by atoms with Crippen LogP contribution >= 0.6 is 0 Å². The molecule has 1 amide bonds. The molecule has 0 radical (unpaired) electrons. The van der Waals surface area contributed by atoms with Crippen molar-refractivity contribution in [2.45, 2.75) is 38.5 Å².